The molecular formula is C21H30N6OS. The second-order valence-corrected chi connectivity index (χ2v) is 8.63. The van der Waals surface area contributed by atoms with E-state index in [1.165, 1.54) is 10.4 Å². The molecule has 1 atom stereocenters. The third-order valence-corrected chi connectivity index (χ3v) is 6.87. The van der Waals surface area contributed by atoms with Gasteiger partial charge in [-0.25, -0.2) is 14.8 Å². The van der Waals surface area contributed by atoms with Crippen LogP contribution >= 0.6 is 11.3 Å². The summed E-state index contributed by atoms with van der Waals surface area (Å²) in [6.07, 6.45) is 6.50. The van der Waals surface area contributed by atoms with E-state index in [2.05, 4.69) is 43.5 Å². The highest BCUT2D eigenvalue weighted by Gasteiger charge is 2.30. The Hall–Kier alpha value is -2.19. The van der Waals surface area contributed by atoms with Gasteiger partial charge in [-0.05, 0) is 48.9 Å². The molecule has 2 aliphatic rings. The highest BCUT2D eigenvalue weighted by Crippen LogP contribution is 2.35. The molecule has 1 fully saturated rings. The number of urea groups is 1. The molecule has 1 N–H and O–H groups in total. The van der Waals surface area contributed by atoms with Crippen LogP contribution < -0.4 is 10.2 Å². The van der Waals surface area contributed by atoms with Crippen molar-refractivity contribution in [2.75, 3.05) is 50.7 Å². The number of nitrogens with zero attached hydrogens (tertiary/aromatic N) is 5. The Kier molecular flexibility index (Phi) is 6.61. The van der Waals surface area contributed by atoms with Gasteiger partial charge in [0, 0.05) is 56.5 Å². The number of amides is 2. The Labute approximate surface area is 176 Å². The number of rotatable bonds is 6. The number of aromatic nitrogens is 2. The fourth-order valence-corrected chi connectivity index (χ4v) is 5.23. The van der Waals surface area contributed by atoms with Gasteiger partial charge in [-0.15, -0.1) is 11.3 Å². The first-order valence-electron chi connectivity index (χ1n) is 10.6. The molecule has 0 radical (unpaired) electrons. The summed E-state index contributed by atoms with van der Waals surface area (Å²) in [5, 5.41) is 5.30. The van der Waals surface area contributed by atoms with Crippen LogP contribution in [0.4, 0.5) is 10.7 Å². The number of carbonyl (C=O) groups excluding carboxylic acids is 1. The summed E-state index contributed by atoms with van der Waals surface area (Å²) < 4.78 is 0. The van der Waals surface area contributed by atoms with E-state index >= 15 is 0 Å². The van der Waals surface area contributed by atoms with Gasteiger partial charge in [0.15, 0.2) is 0 Å². The Morgan fingerprint density at radius 3 is 2.76 bits per heavy atom. The second-order valence-electron chi connectivity index (χ2n) is 7.63. The van der Waals surface area contributed by atoms with Gasteiger partial charge < -0.3 is 15.1 Å². The average molecular weight is 415 g/mol. The minimum atomic E-state index is 0.0831. The van der Waals surface area contributed by atoms with E-state index in [4.69, 9.17) is 0 Å². The van der Waals surface area contributed by atoms with Gasteiger partial charge in [-0.2, -0.15) is 0 Å². The van der Waals surface area contributed by atoms with E-state index in [1.807, 2.05) is 22.3 Å². The van der Waals surface area contributed by atoms with Crippen LogP contribution in [0.15, 0.2) is 29.9 Å². The van der Waals surface area contributed by atoms with Crippen LogP contribution in [0.5, 0.6) is 0 Å². The molecule has 0 aromatic carbocycles. The summed E-state index contributed by atoms with van der Waals surface area (Å²) in [5.41, 5.74) is 1.35. The minimum absolute atomic E-state index is 0.0831. The van der Waals surface area contributed by atoms with Crippen molar-refractivity contribution in [1.82, 2.24) is 25.1 Å². The topological polar surface area (TPSA) is 64.6 Å². The minimum Gasteiger partial charge on any atom is -0.338 e. The summed E-state index contributed by atoms with van der Waals surface area (Å²) in [6.45, 7) is 8.64. The van der Waals surface area contributed by atoms with Crippen molar-refractivity contribution >= 4 is 23.3 Å². The van der Waals surface area contributed by atoms with E-state index in [0.29, 0.717) is 0 Å². The number of nitrogens with one attached hydrogen (secondary N) is 1. The first-order chi connectivity index (χ1) is 14.3. The molecule has 1 unspecified atom stereocenters. The predicted molar refractivity (Wildman–Crippen MR) is 116 cm³/mol. The number of hydrogen-bond donors (Lipinski definition) is 1. The van der Waals surface area contributed by atoms with E-state index in [9.17, 15) is 4.79 Å². The molecule has 2 aromatic rings. The molecule has 0 spiro atoms. The molecule has 2 aromatic heterocycles. The van der Waals surface area contributed by atoms with Gasteiger partial charge in [0.2, 0.25) is 5.95 Å². The smallest absolute Gasteiger partial charge is 0.317 e. The van der Waals surface area contributed by atoms with Gasteiger partial charge >= 0.3 is 6.03 Å². The van der Waals surface area contributed by atoms with Gasteiger partial charge in [0.05, 0.1) is 6.04 Å². The number of fused-ring (bicyclic) bond motifs is 1. The van der Waals surface area contributed by atoms with Crippen LogP contribution in [0, 0.1) is 0 Å². The SMILES string of the molecule is CCC1c2ccsc2CCN1C(=O)NCCCN1CCN(c2ncccn2)CC1. The molecule has 4 rings (SSSR count). The van der Waals surface area contributed by atoms with Crippen molar-refractivity contribution in [2.24, 2.45) is 0 Å². The van der Waals surface area contributed by atoms with Crippen molar-refractivity contribution in [2.45, 2.75) is 32.2 Å². The molecule has 7 nitrogen and oxygen atoms in total. The summed E-state index contributed by atoms with van der Waals surface area (Å²) >= 11 is 1.82. The summed E-state index contributed by atoms with van der Waals surface area (Å²) in [6, 6.07) is 4.34. The Bertz CT molecular complexity index is 789. The lowest BCUT2D eigenvalue weighted by atomic mass is 9.98. The zero-order chi connectivity index (χ0) is 20.1. The van der Waals surface area contributed by atoms with E-state index in [1.54, 1.807) is 12.4 Å². The standard InChI is InChI=1S/C21H30N6OS/c1-2-18-17-6-16-29-19(17)5-11-27(18)21(28)24-9-4-10-25-12-14-26(15-13-25)20-22-7-3-8-23-20/h3,6-8,16,18H,2,4-5,9-15H2,1H3,(H,24,28). The van der Waals surface area contributed by atoms with Crippen LogP contribution in [0.1, 0.15) is 36.2 Å². The summed E-state index contributed by atoms with van der Waals surface area (Å²) in [4.78, 5) is 29.6. The van der Waals surface area contributed by atoms with E-state index in [-0.39, 0.29) is 12.1 Å². The molecule has 1 saturated heterocycles. The number of anilines is 1. The van der Waals surface area contributed by atoms with E-state index in [0.717, 1.165) is 71.0 Å². The van der Waals surface area contributed by atoms with Crippen molar-refractivity contribution in [1.29, 1.82) is 0 Å². The monoisotopic (exact) mass is 414 g/mol. The first kappa shape index (κ1) is 20.1. The largest absolute Gasteiger partial charge is 0.338 e. The molecule has 2 amide bonds. The lowest BCUT2D eigenvalue weighted by Gasteiger charge is -2.36. The first-order valence-corrected chi connectivity index (χ1v) is 11.5. The van der Waals surface area contributed by atoms with Crippen LogP contribution in [0.3, 0.4) is 0 Å². The zero-order valence-corrected chi connectivity index (χ0v) is 17.9. The number of thiophene rings is 1. The maximum atomic E-state index is 12.7. The fraction of sp³-hybridized carbons (Fsp3) is 0.571. The maximum absolute atomic E-state index is 12.7. The molecule has 29 heavy (non-hydrogen) atoms. The van der Waals surface area contributed by atoms with Crippen molar-refractivity contribution in [3.63, 3.8) is 0 Å². The molecule has 0 saturated carbocycles. The highest BCUT2D eigenvalue weighted by atomic mass is 32.1. The molecular weight excluding hydrogens is 384 g/mol. The highest BCUT2D eigenvalue weighted by molar-refractivity contribution is 7.10. The Morgan fingerprint density at radius 2 is 2.00 bits per heavy atom. The quantitative estimate of drug-likeness (QED) is 0.737. The van der Waals surface area contributed by atoms with Gasteiger partial charge in [0.1, 0.15) is 0 Å². The van der Waals surface area contributed by atoms with Gasteiger partial charge in [-0.3, -0.25) is 4.90 Å². The molecule has 4 heterocycles. The Balaban J connectivity index is 1.17. The second kappa shape index (κ2) is 9.54. The van der Waals surface area contributed by atoms with Crippen molar-refractivity contribution in [3.05, 3.63) is 40.3 Å². The molecule has 0 bridgehead atoms. The van der Waals surface area contributed by atoms with Crippen LogP contribution in [0.2, 0.25) is 0 Å². The number of hydrogen-bond acceptors (Lipinski definition) is 6. The molecule has 0 aliphatic carbocycles. The molecule has 8 heteroatoms. The fourth-order valence-electron chi connectivity index (χ4n) is 4.31. The van der Waals surface area contributed by atoms with Crippen molar-refractivity contribution in [3.8, 4) is 0 Å². The van der Waals surface area contributed by atoms with Crippen molar-refractivity contribution < 1.29 is 4.79 Å². The third kappa shape index (κ3) is 4.70. The van der Waals surface area contributed by atoms with Crippen LogP contribution in [-0.4, -0.2) is 71.6 Å². The number of piperazine rings is 1. The van der Waals surface area contributed by atoms with E-state index < -0.39 is 0 Å². The average Bonchev–Trinajstić information content (AvgIpc) is 3.26. The van der Waals surface area contributed by atoms with Gasteiger partial charge in [-0.1, -0.05) is 6.92 Å². The zero-order valence-electron chi connectivity index (χ0n) is 17.1. The summed E-state index contributed by atoms with van der Waals surface area (Å²) in [7, 11) is 0. The van der Waals surface area contributed by atoms with Crippen LogP contribution in [-0.2, 0) is 6.42 Å². The third-order valence-electron chi connectivity index (χ3n) is 5.88. The maximum Gasteiger partial charge on any atom is 0.317 e. The predicted octanol–water partition coefficient (Wildman–Crippen LogP) is 2.77. The molecule has 2 aliphatic heterocycles. The van der Waals surface area contributed by atoms with Crippen LogP contribution in [0.25, 0.3) is 0 Å². The Morgan fingerprint density at radius 1 is 1.21 bits per heavy atom. The molecule has 156 valence electrons. The lowest BCUT2D eigenvalue weighted by Crippen LogP contribution is -2.48. The number of carbonyl (C=O) groups is 1. The summed E-state index contributed by atoms with van der Waals surface area (Å²) in [5.74, 6) is 0.820. The normalized spacial score (nSPS) is 19.8. The van der Waals surface area contributed by atoms with Gasteiger partial charge in [0.25, 0.3) is 0 Å². The lowest BCUT2D eigenvalue weighted by molar-refractivity contribution is 0.167.